The number of ether oxygens (including phenoxy) is 1. The molecule has 0 spiro atoms. The monoisotopic (exact) mass is 203 g/mol. The lowest BCUT2D eigenvalue weighted by molar-refractivity contribution is 0.0993. The fraction of sp³-hybridized carbons (Fsp3) is 0.125. The highest BCUT2D eigenvalue weighted by Gasteiger charge is 2.15. The molecule has 2 N–H and O–H groups in total. The van der Waals surface area contributed by atoms with E-state index in [-0.39, 0.29) is 16.3 Å². The first-order valence-corrected chi connectivity index (χ1v) is 3.77. The lowest BCUT2D eigenvalue weighted by Gasteiger charge is -2.06. The van der Waals surface area contributed by atoms with E-state index in [0.717, 1.165) is 6.07 Å². The number of rotatable bonds is 2. The standard InChI is InChI=1S/C8H7ClFNO2/c1-13-6-3-4(9)2-5(10)7(6)8(11)12/h2-3H,1H3,(H2,11,12). The van der Waals surface area contributed by atoms with Crippen LogP contribution >= 0.6 is 11.6 Å². The molecule has 0 fully saturated rings. The Hall–Kier alpha value is -1.29. The van der Waals surface area contributed by atoms with Gasteiger partial charge in [-0.1, -0.05) is 11.6 Å². The SMILES string of the molecule is COc1cc(Cl)cc(F)c1C(N)=O. The maximum Gasteiger partial charge on any atom is 0.255 e. The summed E-state index contributed by atoms with van der Waals surface area (Å²) in [6, 6.07) is 2.33. The minimum atomic E-state index is -0.883. The summed E-state index contributed by atoms with van der Waals surface area (Å²) in [4.78, 5) is 10.8. The second-order valence-corrected chi connectivity index (χ2v) is 2.77. The van der Waals surface area contributed by atoms with Crippen LogP contribution in [0.15, 0.2) is 12.1 Å². The van der Waals surface area contributed by atoms with Crippen molar-refractivity contribution in [2.75, 3.05) is 7.11 Å². The smallest absolute Gasteiger partial charge is 0.255 e. The van der Waals surface area contributed by atoms with E-state index in [9.17, 15) is 9.18 Å². The molecule has 1 amide bonds. The van der Waals surface area contributed by atoms with Gasteiger partial charge in [-0.2, -0.15) is 0 Å². The van der Waals surface area contributed by atoms with Crippen LogP contribution in [0, 0.1) is 5.82 Å². The van der Waals surface area contributed by atoms with Gasteiger partial charge in [0.15, 0.2) is 0 Å². The number of hydrogen-bond acceptors (Lipinski definition) is 2. The van der Waals surface area contributed by atoms with Crippen LogP contribution in [0.25, 0.3) is 0 Å². The zero-order chi connectivity index (χ0) is 10.0. The number of nitrogens with two attached hydrogens (primary N) is 1. The van der Waals surface area contributed by atoms with Crippen molar-refractivity contribution in [1.82, 2.24) is 0 Å². The molecule has 1 aromatic carbocycles. The van der Waals surface area contributed by atoms with Gasteiger partial charge in [-0.05, 0) is 12.1 Å². The lowest BCUT2D eigenvalue weighted by Crippen LogP contribution is -2.14. The first kappa shape index (κ1) is 9.80. The van der Waals surface area contributed by atoms with E-state index in [1.54, 1.807) is 0 Å². The summed E-state index contributed by atoms with van der Waals surface area (Å²) in [7, 11) is 1.30. The molecule has 3 nitrogen and oxygen atoms in total. The van der Waals surface area contributed by atoms with Crippen LogP contribution in [0.2, 0.25) is 5.02 Å². The maximum atomic E-state index is 13.1. The molecule has 0 aliphatic carbocycles. The second kappa shape index (κ2) is 3.62. The molecule has 70 valence electrons. The Balaban J connectivity index is 3.38. The largest absolute Gasteiger partial charge is 0.496 e. The van der Waals surface area contributed by atoms with Crippen molar-refractivity contribution in [3.8, 4) is 5.75 Å². The first-order valence-electron chi connectivity index (χ1n) is 3.39. The molecule has 1 rings (SSSR count). The van der Waals surface area contributed by atoms with Crippen molar-refractivity contribution in [3.05, 3.63) is 28.5 Å². The Morgan fingerprint density at radius 1 is 1.62 bits per heavy atom. The van der Waals surface area contributed by atoms with Gasteiger partial charge in [0.1, 0.15) is 17.1 Å². The second-order valence-electron chi connectivity index (χ2n) is 2.33. The van der Waals surface area contributed by atoms with Crippen LogP contribution < -0.4 is 10.5 Å². The third-order valence-electron chi connectivity index (χ3n) is 1.49. The zero-order valence-electron chi connectivity index (χ0n) is 6.80. The Morgan fingerprint density at radius 3 is 2.69 bits per heavy atom. The summed E-state index contributed by atoms with van der Waals surface area (Å²) in [5.41, 5.74) is 4.65. The molecule has 0 unspecified atom stereocenters. The van der Waals surface area contributed by atoms with Crippen LogP contribution in [0.4, 0.5) is 4.39 Å². The van der Waals surface area contributed by atoms with E-state index in [2.05, 4.69) is 0 Å². The molecule has 0 aliphatic heterocycles. The molecule has 0 aromatic heterocycles. The predicted octanol–water partition coefficient (Wildman–Crippen LogP) is 1.59. The number of carbonyl (C=O) groups is 1. The number of primary amides is 1. The number of benzene rings is 1. The van der Waals surface area contributed by atoms with E-state index in [0.29, 0.717) is 0 Å². The summed E-state index contributed by atoms with van der Waals surface area (Å²) in [5, 5.41) is 0.152. The Morgan fingerprint density at radius 2 is 2.23 bits per heavy atom. The van der Waals surface area contributed by atoms with Gasteiger partial charge >= 0.3 is 0 Å². The molecule has 0 bridgehead atoms. The third kappa shape index (κ3) is 1.89. The topological polar surface area (TPSA) is 52.3 Å². The third-order valence-corrected chi connectivity index (χ3v) is 1.70. The van der Waals surface area contributed by atoms with Gasteiger partial charge in [-0.15, -0.1) is 0 Å². The zero-order valence-corrected chi connectivity index (χ0v) is 7.56. The molecule has 13 heavy (non-hydrogen) atoms. The van der Waals surface area contributed by atoms with Gasteiger partial charge in [-0.3, -0.25) is 4.79 Å². The van der Waals surface area contributed by atoms with Crippen LogP contribution in [-0.2, 0) is 0 Å². The van der Waals surface area contributed by atoms with E-state index >= 15 is 0 Å². The summed E-state index contributed by atoms with van der Waals surface area (Å²) in [6.07, 6.45) is 0. The average molecular weight is 204 g/mol. The van der Waals surface area contributed by atoms with Crippen molar-refractivity contribution < 1.29 is 13.9 Å². The molecule has 0 heterocycles. The van der Waals surface area contributed by atoms with Crippen molar-refractivity contribution >= 4 is 17.5 Å². The molecule has 0 saturated heterocycles. The highest BCUT2D eigenvalue weighted by Crippen LogP contribution is 2.25. The number of halogens is 2. The summed E-state index contributed by atoms with van der Waals surface area (Å²) in [6.45, 7) is 0. The molecule has 0 saturated carbocycles. The van der Waals surface area contributed by atoms with Crippen molar-refractivity contribution in [1.29, 1.82) is 0 Å². The summed E-state index contributed by atoms with van der Waals surface area (Å²) in [5.74, 6) is -1.62. The van der Waals surface area contributed by atoms with Crippen LogP contribution in [-0.4, -0.2) is 13.0 Å². The molecular formula is C8H7ClFNO2. The number of methoxy groups -OCH3 is 1. The van der Waals surface area contributed by atoms with Gasteiger partial charge in [0.05, 0.1) is 7.11 Å². The quantitative estimate of drug-likeness (QED) is 0.794. The molecule has 0 radical (unpaired) electrons. The number of carbonyl (C=O) groups excluding carboxylic acids is 1. The van der Waals surface area contributed by atoms with Crippen molar-refractivity contribution in [3.63, 3.8) is 0 Å². The Bertz CT molecular complexity index is 354. The van der Waals surface area contributed by atoms with Gasteiger partial charge in [0.2, 0.25) is 0 Å². The van der Waals surface area contributed by atoms with Crippen molar-refractivity contribution in [2.24, 2.45) is 5.73 Å². The van der Waals surface area contributed by atoms with Crippen LogP contribution in [0.5, 0.6) is 5.75 Å². The minimum Gasteiger partial charge on any atom is -0.496 e. The fourth-order valence-corrected chi connectivity index (χ4v) is 1.14. The number of amides is 1. The van der Waals surface area contributed by atoms with E-state index in [1.807, 2.05) is 0 Å². The van der Waals surface area contributed by atoms with Gasteiger partial charge in [-0.25, -0.2) is 4.39 Å². The molecule has 0 aliphatic rings. The maximum absolute atomic E-state index is 13.1. The highest BCUT2D eigenvalue weighted by atomic mass is 35.5. The molecular weight excluding hydrogens is 197 g/mol. The highest BCUT2D eigenvalue weighted by molar-refractivity contribution is 6.30. The van der Waals surface area contributed by atoms with E-state index in [4.69, 9.17) is 22.1 Å². The van der Waals surface area contributed by atoms with Gasteiger partial charge in [0, 0.05) is 5.02 Å². The van der Waals surface area contributed by atoms with Crippen LogP contribution in [0.3, 0.4) is 0 Å². The normalized spacial score (nSPS) is 9.77. The Kier molecular flexibility index (Phi) is 2.72. The van der Waals surface area contributed by atoms with E-state index in [1.165, 1.54) is 13.2 Å². The molecule has 1 aromatic rings. The summed E-state index contributed by atoms with van der Waals surface area (Å²) >= 11 is 5.53. The fourth-order valence-electron chi connectivity index (χ4n) is 0.950. The predicted molar refractivity (Wildman–Crippen MR) is 46.5 cm³/mol. The lowest BCUT2D eigenvalue weighted by atomic mass is 10.2. The first-order chi connectivity index (χ1) is 6.06. The van der Waals surface area contributed by atoms with Crippen LogP contribution in [0.1, 0.15) is 10.4 Å². The van der Waals surface area contributed by atoms with E-state index < -0.39 is 11.7 Å². The van der Waals surface area contributed by atoms with Crippen molar-refractivity contribution in [2.45, 2.75) is 0 Å². The summed E-state index contributed by atoms with van der Waals surface area (Å²) < 4.78 is 17.8. The number of hydrogen-bond donors (Lipinski definition) is 1. The van der Waals surface area contributed by atoms with Gasteiger partial charge < -0.3 is 10.5 Å². The minimum absolute atomic E-state index is 0.0394. The molecule has 5 heteroatoms. The van der Waals surface area contributed by atoms with Gasteiger partial charge in [0.25, 0.3) is 5.91 Å². The average Bonchev–Trinajstić information content (AvgIpc) is 2.01. The molecule has 0 atom stereocenters. The Labute approximate surface area is 79.2 Å².